The predicted octanol–water partition coefficient (Wildman–Crippen LogP) is 3.24. The molecular weight excluding hydrogens is 304 g/mol. The summed E-state index contributed by atoms with van der Waals surface area (Å²) in [4.78, 5) is 27.0. The number of nitrogens with one attached hydrogen (secondary N) is 2. The number of pyridine rings is 1. The third-order valence-corrected chi connectivity index (χ3v) is 3.88. The number of rotatable bonds is 4. The van der Waals surface area contributed by atoms with Crippen LogP contribution < -0.4 is 10.9 Å². The zero-order chi connectivity index (χ0) is 17.1. The second-order valence-electron chi connectivity index (χ2n) is 5.62. The topological polar surface area (TPSA) is 71.2 Å². The highest BCUT2D eigenvalue weighted by molar-refractivity contribution is 6.06. The molecule has 0 saturated carbocycles. The number of fused-ring (bicyclic) bond motifs is 1. The first kappa shape index (κ1) is 16.0. The predicted molar refractivity (Wildman–Crippen MR) is 94.4 cm³/mol. The van der Waals surface area contributed by atoms with Gasteiger partial charge in [-0.15, -0.1) is 0 Å². The van der Waals surface area contributed by atoms with Gasteiger partial charge in [0.1, 0.15) is 0 Å². The summed E-state index contributed by atoms with van der Waals surface area (Å²) in [6, 6.07) is 14.4. The number of aryl methyl sites for hydroxylation is 1. The lowest BCUT2D eigenvalue weighted by atomic mass is 10.1. The van der Waals surface area contributed by atoms with E-state index >= 15 is 0 Å². The Kier molecular flexibility index (Phi) is 4.44. The number of hydrogen-bond acceptors (Lipinski definition) is 3. The molecule has 0 aliphatic carbocycles. The van der Waals surface area contributed by atoms with E-state index in [0.717, 1.165) is 16.5 Å². The number of hydrogen-bond donors (Lipinski definition) is 2. The summed E-state index contributed by atoms with van der Waals surface area (Å²) in [5.41, 5.74) is 3.44. The third-order valence-electron chi connectivity index (χ3n) is 3.88. The van der Waals surface area contributed by atoms with Crippen LogP contribution in [0.5, 0.6) is 0 Å². The molecule has 0 saturated heterocycles. The second-order valence-corrected chi connectivity index (χ2v) is 5.62. The fourth-order valence-electron chi connectivity index (χ4n) is 2.71. The van der Waals surface area contributed by atoms with Gasteiger partial charge >= 0.3 is 0 Å². The van der Waals surface area contributed by atoms with E-state index in [9.17, 15) is 9.59 Å². The monoisotopic (exact) mass is 322 g/mol. The largest absolute Gasteiger partial charge is 0.380 e. The maximum atomic E-state index is 12.4. The average molecular weight is 322 g/mol. The van der Waals surface area contributed by atoms with Crippen molar-refractivity contribution in [1.82, 2.24) is 4.98 Å². The van der Waals surface area contributed by atoms with Crippen molar-refractivity contribution in [3.8, 4) is 0 Å². The molecule has 122 valence electrons. The van der Waals surface area contributed by atoms with Crippen molar-refractivity contribution in [3.63, 3.8) is 0 Å². The van der Waals surface area contributed by atoms with Crippen molar-refractivity contribution >= 4 is 22.5 Å². The Morgan fingerprint density at radius 3 is 2.71 bits per heavy atom. The highest BCUT2D eigenvalue weighted by Crippen LogP contribution is 2.21. The Hall–Kier alpha value is -2.92. The summed E-state index contributed by atoms with van der Waals surface area (Å²) in [6.07, 6.45) is 0. The maximum Gasteiger partial charge on any atom is 0.255 e. The number of aromatic nitrogens is 1. The van der Waals surface area contributed by atoms with Crippen LogP contribution in [-0.2, 0) is 11.3 Å². The molecule has 2 aromatic carbocycles. The van der Waals surface area contributed by atoms with E-state index in [1.54, 1.807) is 19.2 Å². The van der Waals surface area contributed by atoms with Gasteiger partial charge in [0, 0.05) is 29.8 Å². The Balaban J connectivity index is 1.95. The highest BCUT2D eigenvalue weighted by Gasteiger charge is 2.10. The fourth-order valence-corrected chi connectivity index (χ4v) is 2.71. The number of carbonyl (C=O) groups excluding carboxylic acids is 1. The summed E-state index contributed by atoms with van der Waals surface area (Å²) >= 11 is 0. The number of aromatic amines is 1. The van der Waals surface area contributed by atoms with E-state index in [-0.39, 0.29) is 11.5 Å². The van der Waals surface area contributed by atoms with Crippen molar-refractivity contribution in [2.45, 2.75) is 13.5 Å². The molecule has 0 bridgehead atoms. The van der Waals surface area contributed by atoms with Gasteiger partial charge in [-0.05, 0) is 36.2 Å². The Morgan fingerprint density at radius 1 is 1.17 bits per heavy atom. The first-order valence-electron chi connectivity index (χ1n) is 7.60. The summed E-state index contributed by atoms with van der Waals surface area (Å²) in [6.45, 7) is 2.25. The Morgan fingerprint density at radius 2 is 1.96 bits per heavy atom. The molecule has 5 nitrogen and oxygen atoms in total. The lowest BCUT2D eigenvalue weighted by Crippen LogP contribution is -2.13. The average Bonchev–Trinajstić information content (AvgIpc) is 2.55. The van der Waals surface area contributed by atoms with Crippen LogP contribution in [0.15, 0.2) is 53.3 Å². The van der Waals surface area contributed by atoms with E-state index in [1.807, 2.05) is 37.3 Å². The normalized spacial score (nSPS) is 10.8. The molecule has 3 rings (SSSR count). The van der Waals surface area contributed by atoms with Gasteiger partial charge in [-0.25, -0.2) is 0 Å². The minimum Gasteiger partial charge on any atom is -0.380 e. The zero-order valence-electron chi connectivity index (χ0n) is 13.6. The molecule has 24 heavy (non-hydrogen) atoms. The smallest absolute Gasteiger partial charge is 0.255 e. The van der Waals surface area contributed by atoms with Crippen LogP contribution in [-0.4, -0.2) is 18.0 Å². The van der Waals surface area contributed by atoms with Gasteiger partial charge in [-0.1, -0.05) is 24.3 Å². The van der Waals surface area contributed by atoms with E-state index in [2.05, 4.69) is 10.3 Å². The van der Waals surface area contributed by atoms with Gasteiger partial charge in [0.15, 0.2) is 0 Å². The molecule has 1 aromatic heterocycles. The molecular formula is C19H18N2O3. The summed E-state index contributed by atoms with van der Waals surface area (Å²) in [5, 5.41) is 3.76. The van der Waals surface area contributed by atoms with E-state index in [1.165, 1.54) is 6.07 Å². The fraction of sp³-hybridized carbons (Fsp3) is 0.158. The molecule has 0 atom stereocenters. The molecule has 0 aliphatic rings. The van der Waals surface area contributed by atoms with Crippen LogP contribution in [0.1, 0.15) is 21.5 Å². The van der Waals surface area contributed by atoms with E-state index in [0.29, 0.717) is 23.4 Å². The van der Waals surface area contributed by atoms with Crippen molar-refractivity contribution in [2.75, 3.05) is 12.4 Å². The molecule has 0 unspecified atom stereocenters. The molecule has 0 fully saturated rings. The molecule has 0 aliphatic heterocycles. The maximum absolute atomic E-state index is 12.4. The van der Waals surface area contributed by atoms with Crippen molar-refractivity contribution in [3.05, 3.63) is 75.6 Å². The third kappa shape index (κ3) is 3.21. The Bertz CT molecular complexity index is 960. The van der Waals surface area contributed by atoms with Gasteiger partial charge < -0.3 is 15.0 Å². The number of anilines is 1. The van der Waals surface area contributed by atoms with Crippen molar-refractivity contribution < 1.29 is 9.53 Å². The first-order valence-corrected chi connectivity index (χ1v) is 7.60. The summed E-state index contributed by atoms with van der Waals surface area (Å²) < 4.78 is 5.13. The second kappa shape index (κ2) is 6.68. The lowest BCUT2D eigenvalue weighted by molar-refractivity contribution is 0.102. The lowest BCUT2D eigenvalue weighted by Gasteiger charge is -2.10. The van der Waals surface area contributed by atoms with Crippen LogP contribution in [0.2, 0.25) is 0 Å². The molecule has 1 heterocycles. The number of ether oxygens (including phenoxy) is 1. The number of methoxy groups -OCH3 is 1. The van der Waals surface area contributed by atoms with Crippen molar-refractivity contribution in [1.29, 1.82) is 0 Å². The molecule has 5 heteroatoms. The van der Waals surface area contributed by atoms with E-state index in [4.69, 9.17) is 4.74 Å². The van der Waals surface area contributed by atoms with Crippen LogP contribution in [0.4, 0.5) is 5.69 Å². The van der Waals surface area contributed by atoms with Gasteiger partial charge in [-0.3, -0.25) is 9.59 Å². The Labute approximate surface area is 139 Å². The van der Waals surface area contributed by atoms with Crippen LogP contribution in [0, 0.1) is 6.92 Å². The zero-order valence-corrected chi connectivity index (χ0v) is 13.6. The molecule has 2 N–H and O–H groups in total. The SMILES string of the molecule is COCc1cc(=O)[nH]c2cc(NC(=O)c3ccccc3C)ccc12. The number of benzene rings is 2. The quantitative estimate of drug-likeness (QED) is 0.774. The van der Waals surface area contributed by atoms with Gasteiger partial charge in [0.25, 0.3) is 5.91 Å². The minimum absolute atomic E-state index is 0.178. The van der Waals surface area contributed by atoms with Gasteiger partial charge in [0.05, 0.1) is 12.1 Å². The van der Waals surface area contributed by atoms with Crippen LogP contribution in [0.3, 0.4) is 0 Å². The number of carbonyl (C=O) groups is 1. The van der Waals surface area contributed by atoms with Crippen molar-refractivity contribution in [2.24, 2.45) is 0 Å². The first-order chi connectivity index (χ1) is 11.6. The summed E-state index contributed by atoms with van der Waals surface area (Å²) in [5.74, 6) is -0.178. The summed E-state index contributed by atoms with van der Waals surface area (Å²) in [7, 11) is 1.59. The highest BCUT2D eigenvalue weighted by atomic mass is 16.5. The molecule has 1 amide bonds. The van der Waals surface area contributed by atoms with Crippen LogP contribution >= 0.6 is 0 Å². The molecule has 3 aromatic rings. The molecule has 0 radical (unpaired) electrons. The van der Waals surface area contributed by atoms with E-state index < -0.39 is 0 Å². The van der Waals surface area contributed by atoms with Crippen LogP contribution in [0.25, 0.3) is 10.9 Å². The number of H-pyrrole nitrogens is 1. The molecule has 0 spiro atoms. The standard InChI is InChI=1S/C19H18N2O3/c1-12-5-3-4-6-15(12)19(23)20-14-7-8-16-13(11-24-2)9-18(22)21-17(16)10-14/h3-10H,11H2,1-2H3,(H,20,23)(H,21,22). The minimum atomic E-state index is -0.197. The van der Waals surface area contributed by atoms with Gasteiger partial charge in [0.2, 0.25) is 5.56 Å². The number of amides is 1. The van der Waals surface area contributed by atoms with Gasteiger partial charge in [-0.2, -0.15) is 0 Å².